The Bertz CT molecular complexity index is 503. The Kier molecular flexibility index (Phi) is 3.61. The van der Waals surface area contributed by atoms with Crippen LogP contribution in [0.5, 0.6) is 0 Å². The lowest BCUT2D eigenvalue weighted by Gasteiger charge is -2.22. The molecule has 0 saturated heterocycles. The Morgan fingerprint density at radius 1 is 1.56 bits per heavy atom. The third kappa shape index (κ3) is 2.67. The van der Waals surface area contributed by atoms with Crippen molar-refractivity contribution in [3.8, 4) is 6.07 Å². The van der Waals surface area contributed by atoms with Gasteiger partial charge in [0.15, 0.2) is 0 Å². The van der Waals surface area contributed by atoms with Crippen molar-refractivity contribution in [2.24, 2.45) is 0 Å². The fourth-order valence-corrected chi connectivity index (χ4v) is 1.99. The van der Waals surface area contributed by atoms with Crippen LogP contribution in [0, 0.1) is 24.1 Å². The van der Waals surface area contributed by atoms with E-state index in [4.69, 9.17) is 5.26 Å². The molecular formula is C14H15FN2O. The number of benzene rings is 1. The lowest BCUT2D eigenvalue weighted by atomic mass is 10.1. The normalized spacial score (nSPS) is 14.1. The molecule has 1 aromatic carbocycles. The summed E-state index contributed by atoms with van der Waals surface area (Å²) in [4.78, 5) is 14.1. The van der Waals surface area contributed by atoms with Crippen LogP contribution < -0.4 is 0 Å². The minimum Gasteiger partial charge on any atom is -0.335 e. The van der Waals surface area contributed by atoms with E-state index in [-0.39, 0.29) is 11.9 Å². The van der Waals surface area contributed by atoms with E-state index in [2.05, 4.69) is 0 Å². The van der Waals surface area contributed by atoms with E-state index in [0.29, 0.717) is 18.5 Å². The zero-order valence-corrected chi connectivity index (χ0v) is 10.3. The number of carbonyl (C=O) groups excluding carboxylic acids is 1. The molecule has 1 fully saturated rings. The highest BCUT2D eigenvalue weighted by molar-refractivity contribution is 5.96. The predicted octanol–water partition coefficient (Wildman–Crippen LogP) is 2.65. The molecule has 0 heterocycles. The van der Waals surface area contributed by atoms with Gasteiger partial charge in [0.05, 0.1) is 12.5 Å². The van der Waals surface area contributed by atoms with Gasteiger partial charge < -0.3 is 4.90 Å². The number of hydrogen-bond acceptors (Lipinski definition) is 2. The Labute approximate surface area is 106 Å². The van der Waals surface area contributed by atoms with E-state index in [1.165, 1.54) is 12.1 Å². The number of aryl methyl sites for hydroxylation is 1. The van der Waals surface area contributed by atoms with Crippen molar-refractivity contribution in [1.29, 1.82) is 5.26 Å². The first kappa shape index (κ1) is 12.6. The summed E-state index contributed by atoms with van der Waals surface area (Å²) in [5.74, 6) is -0.565. The molecule has 4 heteroatoms. The van der Waals surface area contributed by atoms with Crippen LogP contribution in [0.2, 0.25) is 0 Å². The Balaban J connectivity index is 2.22. The van der Waals surface area contributed by atoms with Gasteiger partial charge in [0.25, 0.3) is 5.91 Å². The first-order valence-corrected chi connectivity index (χ1v) is 6.07. The zero-order chi connectivity index (χ0) is 13.1. The first-order valence-electron chi connectivity index (χ1n) is 6.07. The largest absolute Gasteiger partial charge is 0.335 e. The predicted molar refractivity (Wildman–Crippen MR) is 65.4 cm³/mol. The van der Waals surface area contributed by atoms with Gasteiger partial charge in [-0.2, -0.15) is 5.26 Å². The van der Waals surface area contributed by atoms with Gasteiger partial charge in [0.2, 0.25) is 0 Å². The van der Waals surface area contributed by atoms with E-state index in [1.807, 2.05) is 6.07 Å². The number of rotatable bonds is 4. The molecule has 0 N–H and O–H groups in total. The van der Waals surface area contributed by atoms with E-state index in [0.717, 1.165) is 18.4 Å². The maximum Gasteiger partial charge on any atom is 0.254 e. The van der Waals surface area contributed by atoms with Crippen LogP contribution in [0.1, 0.15) is 35.2 Å². The van der Waals surface area contributed by atoms with Gasteiger partial charge in [-0.05, 0) is 37.5 Å². The highest BCUT2D eigenvalue weighted by Gasteiger charge is 2.33. The van der Waals surface area contributed by atoms with Crippen LogP contribution in [-0.4, -0.2) is 23.4 Å². The summed E-state index contributed by atoms with van der Waals surface area (Å²) < 4.78 is 13.2. The molecule has 0 spiro atoms. The van der Waals surface area contributed by atoms with Crippen molar-refractivity contribution in [3.63, 3.8) is 0 Å². The average molecular weight is 246 g/mol. The molecule has 0 atom stereocenters. The summed E-state index contributed by atoms with van der Waals surface area (Å²) in [7, 11) is 0. The third-order valence-corrected chi connectivity index (χ3v) is 3.14. The number of nitrogens with zero attached hydrogens (tertiary/aromatic N) is 2. The summed E-state index contributed by atoms with van der Waals surface area (Å²) in [6.45, 7) is 2.22. The second-order valence-corrected chi connectivity index (χ2v) is 4.60. The van der Waals surface area contributed by atoms with Gasteiger partial charge in [-0.3, -0.25) is 4.79 Å². The van der Waals surface area contributed by atoms with Crippen molar-refractivity contribution < 1.29 is 9.18 Å². The van der Waals surface area contributed by atoms with Gasteiger partial charge in [-0.1, -0.05) is 6.07 Å². The first-order chi connectivity index (χ1) is 8.63. The molecule has 0 aliphatic heterocycles. The fourth-order valence-electron chi connectivity index (χ4n) is 1.99. The van der Waals surface area contributed by atoms with E-state index < -0.39 is 5.82 Å². The summed E-state index contributed by atoms with van der Waals surface area (Å²) >= 11 is 0. The SMILES string of the molecule is Cc1ccc(F)cc1C(=O)N(CCC#N)C1CC1. The molecule has 1 aliphatic rings. The molecular weight excluding hydrogens is 231 g/mol. The highest BCUT2D eigenvalue weighted by Crippen LogP contribution is 2.29. The van der Waals surface area contributed by atoms with Crippen LogP contribution >= 0.6 is 0 Å². The molecule has 0 aromatic heterocycles. The van der Waals surface area contributed by atoms with Crippen LogP contribution in [-0.2, 0) is 0 Å². The van der Waals surface area contributed by atoms with E-state index >= 15 is 0 Å². The highest BCUT2D eigenvalue weighted by atomic mass is 19.1. The van der Waals surface area contributed by atoms with Crippen LogP contribution in [0.15, 0.2) is 18.2 Å². The number of amides is 1. The van der Waals surface area contributed by atoms with Gasteiger partial charge >= 0.3 is 0 Å². The Morgan fingerprint density at radius 2 is 2.28 bits per heavy atom. The monoisotopic (exact) mass is 246 g/mol. The molecule has 1 aromatic rings. The Morgan fingerprint density at radius 3 is 2.89 bits per heavy atom. The molecule has 1 aliphatic carbocycles. The maximum atomic E-state index is 13.2. The van der Waals surface area contributed by atoms with Gasteiger partial charge in [-0.15, -0.1) is 0 Å². The van der Waals surface area contributed by atoms with Gasteiger partial charge in [0.1, 0.15) is 5.82 Å². The van der Waals surface area contributed by atoms with Crippen molar-refractivity contribution >= 4 is 5.91 Å². The van der Waals surface area contributed by atoms with E-state index in [1.54, 1.807) is 17.9 Å². The van der Waals surface area contributed by atoms with E-state index in [9.17, 15) is 9.18 Å². The van der Waals surface area contributed by atoms with Crippen molar-refractivity contribution in [1.82, 2.24) is 4.90 Å². The second kappa shape index (κ2) is 5.18. The molecule has 18 heavy (non-hydrogen) atoms. The molecule has 1 saturated carbocycles. The molecule has 2 rings (SSSR count). The third-order valence-electron chi connectivity index (χ3n) is 3.14. The molecule has 0 radical (unpaired) electrons. The summed E-state index contributed by atoms with van der Waals surface area (Å²) in [5.41, 5.74) is 1.17. The smallest absolute Gasteiger partial charge is 0.254 e. The molecule has 0 bridgehead atoms. The van der Waals surface area contributed by atoms with Crippen molar-refractivity contribution in [2.45, 2.75) is 32.2 Å². The average Bonchev–Trinajstić information content (AvgIpc) is 3.17. The number of nitriles is 1. The molecule has 0 unspecified atom stereocenters. The summed E-state index contributed by atoms with van der Waals surface area (Å²) in [5, 5.41) is 8.62. The number of hydrogen-bond donors (Lipinski definition) is 0. The lowest BCUT2D eigenvalue weighted by molar-refractivity contribution is 0.0745. The van der Waals surface area contributed by atoms with Crippen LogP contribution in [0.3, 0.4) is 0 Å². The number of carbonyl (C=O) groups is 1. The standard InChI is InChI=1S/C14H15FN2O/c1-10-3-4-11(15)9-13(10)14(18)17(8-2-7-16)12-5-6-12/h3-4,9,12H,2,5-6,8H2,1H3. The number of halogens is 1. The Hall–Kier alpha value is -1.89. The minimum absolute atomic E-state index is 0.162. The van der Waals surface area contributed by atoms with Gasteiger partial charge in [0, 0.05) is 18.2 Å². The molecule has 3 nitrogen and oxygen atoms in total. The van der Waals surface area contributed by atoms with Crippen molar-refractivity contribution in [2.75, 3.05) is 6.54 Å². The minimum atomic E-state index is -0.403. The topological polar surface area (TPSA) is 44.1 Å². The fraction of sp³-hybridized carbons (Fsp3) is 0.429. The summed E-state index contributed by atoms with van der Waals surface area (Å²) in [6, 6.07) is 6.51. The quantitative estimate of drug-likeness (QED) is 0.819. The second-order valence-electron chi connectivity index (χ2n) is 4.60. The summed E-state index contributed by atoms with van der Waals surface area (Å²) in [6.07, 6.45) is 2.27. The molecule has 1 amide bonds. The molecule has 94 valence electrons. The van der Waals surface area contributed by atoms with Crippen LogP contribution in [0.25, 0.3) is 0 Å². The maximum absolute atomic E-state index is 13.2. The zero-order valence-electron chi connectivity index (χ0n) is 10.3. The van der Waals surface area contributed by atoms with Gasteiger partial charge in [-0.25, -0.2) is 4.39 Å². The van der Waals surface area contributed by atoms with Crippen molar-refractivity contribution in [3.05, 3.63) is 35.1 Å². The van der Waals surface area contributed by atoms with Crippen LogP contribution in [0.4, 0.5) is 4.39 Å². The lowest BCUT2D eigenvalue weighted by Crippen LogP contribution is -2.34.